The molecule has 33 heavy (non-hydrogen) atoms. The van der Waals surface area contributed by atoms with E-state index >= 15 is 0 Å². The summed E-state index contributed by atoms with van der Waals surface area (Å²) < 4.78 is 5.24. The van der Waals surface area contributed by atoms with Crippen LogP contribution >= 0.6 is 0 Å². The molecule has 0 radical (unpaired) electrons. The molecule has 3 rings (SSSR count). The highest BCUT2D eigenvalue weighted by Crippen LogP contribution is 2.22. The number of imide groups is 1. The van der Waals surface area contributed by atoms with E-state index in [1.165, 1.54) is 4.90 Å². The zero-order valence-electron chi connectivity index (χ0n) is 18.7. The largest absolute Gasteiger partial charge is 0.444 e. The van der Waals surface area contributed by atoms with Crippen LogP contribution in [0.1, 0.15) is 51.0 Å². The van der Waals surface area contributed by atoms with E-state index in [2.05, 4.69) is 5.32 Å². The fraction of sp³-hybridized carbons (Fsp3) is 0.522. The number of nitrogens with one attached hydrogen (secondary N) is 1. The smallest absolute Gasteiger partial charge is 0.417 e. The van der Waals surface area contributed by atoms with Gasteiger partial charge in [-0.1, -0.05) is 43.7 Å². The molecule has 5 amide bonds. The summed E-state index contributed by atoms with van der Waals surface area (Å²) in [7, 11) is 0. The molecule has 2 saturated heterocycles. The second kappa shape index (κ2) is 10.9. The predicted molar refractivity (Wildman–Crippen MR) is 117 cm³/mol. The SMILES string of the molecule is CCC[C@H](NC(=O)[C@@H]1CCC(=O)N1C(=O)OCc1ccccc1)C(=O)N1CCC[C@H]1C(N)=O. The van der Waals surface area contributed by atoms with Gasteiger partial charge in [0.25, 0.3) is 0 Å². The van der Waals surface area contributed by atoms with Crippen LogP contribution in [0.15, 0.2) is 30.3 Å². The monoisotopic (exact) mass is 458 g/mol. The first kappa shape index (κ1) is 24.2. The molecule has 0 aliphatic carbocycles. The summed E-state index contributed by atoms with van der Waals surface area (Å²) in [5.41, 5.74) is 6.17. The van der Waals surface area contributed by atoms with E-state index in [1.54, 1.807) is 24.3 Å². The van der Waals surface area contributed by atoms with E-state index in [0.29, 0.717) is 32.2 Å². The number of hydrogen-bond acceptors (Lipinski definition) is 6. The molecule has 0 bridgehead atoms. The third kappa shape index (κ3) is 5.68. The Hall–Kier alpha value is -3.43. The lowest BCUT2D eigenvalue weighted by Crippen LogP contribution is -2.56. The van der Waals surface area contributed by atoms with Crippen molar-refractivity contribution in [3.05, 3.63) is 35.9 Å². The maximum atomic E-state index is 13.1. The Morgan fingerprint density at radius 1 is 1.15 bits per heavy atom. The molecular formula is C23H30N4O6. The van der Waals surface area contributed by atoms with E-state index in [1.807, 2.05) is 13.0 Å². The zero-order valence-corrected chi connectivity index (χ0v) is 18.7. The van der Waals surface area contributed by atoms with Crippen molar-refractivity contribution in [2.75, 3.05) is 6.54 Å². The third-order valence-corrected chi connectivity index (χ3v) is 5.97. The van der Waals surface area contributed by atoms with Crippen LogP contribution in [0.2, 0.25) is 0 Å². The van der Waals surface area contributed by atoms with Crippen LogP contribution in [0.3, 0.4) is 0 Å². The second-order valence-electron chi connectivity index (χ2n) is 8.30. The number of carbonyl (C=O) groups is 5. The van der Waals surface area contributed by atoms with Gasteiger partial charge in [0.05, 0.1) is 0 Å². The van der Waals surface area contributed by atoms with Gasteiger partial charge in [0.15, 0.2) is 0 Å². The van der Waals surface area contributed by atoms with Gasteiger partial charge in [-0.25, -0.2) is 9.69 Å². The molecule has 3 N–H and O–H groups in total. The highest BCUT2D eigenvalue weighted by atomic mass is 16.6. The standard InChI is InChI=1S/C23H30N4O6/c1-2-7-16(22(31)26-13-6-10-17(26)20(24)29)25-21(30)18-11-12-19(28)27(18)23(32)33-14-15-8-4-3-5-9-15/h3-5,8-9,16-18H,2,6-7,10-14H2,1H3,(H2,24,29)(H,25,30)/t16-,17-,18-/m0/s1. The predicted octanol–water partition coefficient (Wildman–Crippen LogP) is 1.08. The van der Waals surface area contributed by atoms with E-state index in [4.69, 9.17) is 10.5 Å². The number of amides is 5. The number of nitrogens with two attached hydrogens (primary N) is 1. The lowest BCUT2D eigenvalue weighted by atomic mass is 10.1. The summed E-state index contributed by atoms with van der Waals surface area (Å²) in [6.45, 7) is 2.23. The number of benzene rings is 1. The Balaban J connectivity index is 1.66. The van der Waals surface area contributed by atoms with Gasteiger partial charge in [-0.2, -0.15) is 0 Å². The number of primary amides is 1. The molecule has 10 nitrogen and oxygen atoms in total. The summed E-state index contributed by atoms with van der Waals surface area (Å²) in [6, 6.07) is 6.37. The number of rotatable bonds is 8. The maximum Gasteiger partial charge on any atom is 0.417 e. The van der Waals surface area contributed by atoms with Crippen LogP contribution in [0.4, 0.5) is 4.79 Å². The first-order valence-corrected chi connectivity index (χ1v) is 11.3. The Morgan fingerprint density at radius 3 is 2.55 bits per heavy atom. The average molecular weight is 459 g/mol. The normalized spacial score (nSPS) is 21.1. The molecule has 10 heteroatoms. The highest BCUT2D eigenvalue weighted by molar-refractivity contribution is 6.01. The van der Waals surface area contributed by atoms with Crippen LogP contribution in [0, 0.1) is 0 Å². The van der Waals surface area contributed by atoms with Crippen molar-refractivity contribution in [3.63, 3.8) is 0 Å². The molecule has 0 saturated carbocycles. The Bertz CT molecular complexity index is 905. The van der Waals surface area contributed by atoms with Gasteiger partial charge in [0.1, 0.15) is 24.7 Å². The molecule has 3 atom stereocenters. The lowest BCUT2D eigenvalue weighted by molar-refractivity contribution is -0.141. The van der Waals surface area contributed by atoms with Crippen molar-refractivity contribution < 1.29 is 28.7 Å². The number of likely N-dealkylation sites (tertiary alicyclic amines) is 2. The van der Waals surface area contributed by atoms with Gasteiger partial charge in [-0.15, -0.1) is 0 Å². The van der Waals surface area contributed by atoms with Crippen molar-refractivity contribution in [2.24, 2.45) is 5.73 Å². The van der Waals surface area contributed by atoms with Crippen molar-refractivity contribution in [2.45, 2.75) is 70.2 Å². The molecule has 1 aromatic carbocycles. The van der Waals surface area contributed by atoms with E-state index in [0.717, 1.165) is 10.5 Å². The van der Waals surface area contributed by atoms with Gasteiger partial charge in [0.2, 0.25) is 23.6 Å². The number of carbonyl (C=O) groups excluding carboxylic acids is 5. The molecule has 178 valence electrons. The minimum absolute atomic E-state index is 0.0286. The van der Waals surface area contributed by atoms with Crippen LogP contribution < -0.4 is 11.1 Å². The molecule has 2 aliphatic rings. The van der Waals surface area contributed by atoms with Crippen molar-refractivity contribution in [1.82, 2.24) is 15.1 Å². The molecule has 2 heterocycles. The van der Waals surface area contributed by atoms with Gasteiger partial charge < -0.3 is 20.7 Å². The summed E-state index contributed by atoms with van der Waals surface area (Å²) >= 11 is 0. The minimum atomic E-state index is -1.06. The quantitative estimate of drug-likeness (QED) is 0.597. The number of ether oxygens (including phenoxy) is 1. The summed E-state index contributed by atoms with van der Waals surface area (Å²) in [5, 5.41) is 2.69. The van der Waals surface area contributed by atoms with Crippen LogP contribution in [-0.2, 0) is 30.5 Å². The lowest BCUT2D eigenvalue weighted by Gasteiger charge is -2.29. The molecule has 0 unspecified atom stereocenters. The van der Waals surface area contributed by atoms with E-state index in [-0.39, 0.29) is 25.4 Å². The van der Waals surface area contributed by atoms with Gasteiger partial charge in [-0.3, -0.25) is 19.2 Å². The van der Waals surface area contributed by atoms with Crippen LogP contribution in [-0.4, -0.2) is 64.2 Å². The summed E-state index contributed by atoms with van der Waals surface area (Å²) in [6.07, 6.45) is 1.39. The number of hydrogen-bond donors (Lipinski definition) is 2. The minimum Gasteiger partial charge on any atom is -0.444 e. The van der Waals surface area contributed by atoms with E-state index < -0.39 is 41.9 Å². The van der Waals surface area contributed by atoms with Crippen LogP contribution in [0.25, 0.3) is 0 Å². The molecular weight excluding hydrogens is 428 g/mol. The van der Waals surface area contributed by atoms with Crippen LogP contribution in [0.5, 0.6) is 0 Å². The van der Waals surface area contributed by atoms with Gasteiger partial charge >= 0.3 is 6.09 Å². The fourth-order valence-electron chi connectivity index (χ4n) is 4.29. The maximum absolute atomic E-state index is 13.1. The first-order chi connectivity index (χ1) is 15.8. The van der Waals surface area contributed by atoms with Crippen molar-refractivity contribution >= 4 is 29.7 Å². The topological polar surface area (TPSA) is 139 Å². The Labute approximate surface area is 192 Å². The summed E-state index contributed by atoms with van der Waals surface area (Å²) in [4.78, 5) is 65.0. The zero-order chi connectivity index (χ0) is 24.0. The Morgan fingerprint density at radius 2 is 1.88 bits per heavy atom. The second-order valence-corrected chi connectivity index (χ2v) is 8.30. The average Bonchev–Trinajstić information content (AvgIpc) is 3.44. The van der Waals surface area contributed by atoms with Crippen molar-refractivity contribution in [1.29, 1.82) is 0 Å². The Kier molecular flexibility index (Phi) is 8.02. The third-order valence-electron chi connectivity index (χ3n) is 5.97. The molecule has 0 spiro atoms. The van der Waals surface area contributed by atoms with E-state index in [9.17, 15) is 24.0 Å². The fourth-order valence-corrected chi connectivity index (χ4v) is 4.29. The van der Waals surface area contributed by atoms with Gasteiger partial charge in [-0.05, 0) is 31.2 Å². The highest BCUT2D eigenvalue weighted by Gasteiger charge is 2.43. The molecule has 0 aromatic heterocycles. The number of nitrogens with zero attached hydrogens (tertiary/aromatic N) is 2. The molecule has 2 aliphatic heterocycles. The van der Waals surface area contributed by atoms with Crippen molar-refractivity contribution in [3.8, 4) is 0 Å². The molecule has 1 aromatic rings. The first-order valence-electron chi connectivity index (χ1n) is 11.3. The summed E-state index contributed by atoms with van der Waals surface area (Å²) in [5.74, 6) is -2.05. The molecule has 2 fully saturated rings. The van der Waals surface area contributed by atoms with Gasteiger partial charge in [0, 0.05) is 13.0 Å².